The molecule has 0 bridgehead atoms. The monoisotopic (exact) mass is 341 g/mol. The Morgan fingerprint density at radius 1 is 1.23 bits per heavy atom. The summed E-state index contributed by atoms with van der Waals surface area (Å²) in [5, 5.41) is 4.15. The van der Waals surface area contributed by atoms with E-state index in [0.29, 0.717) is 16.8 Å². The first-order chi connectivity index (χ1) is 10.3. The van der Waals surface area contributed by atoms with Gasteiger partial charge in [-0.1, -0.05) is 24.4 Å². The van der Waals surface area contributed by atoms with Crippen LogP contribution in [-0.2, 0) is 6.54 Å². The number of nitrogens with one attached hydrogen (secondary N) is 1. The summed E-state index contributed by atoms with van der Waals surface area (Å²) in [4.78, 5) is 0. The van der Waals surface area contributed by atoms with Crippen LogP contribution in [0.25, 0.3) is 11.3 Å². The fourth-order valence-electron chi connectivity index (χ4n) is 2.82. The molecule has 1 aliphatic carbocycles. The molecule has 3 rings (SSSR count). The van der Waals surface area contributed by atoms with Crippen molar-refractivity contribution in [1.82, 2.24) is 5.32 Å². The largest absolute Gasteiger partial charge is 0.495 e. The zero-order valence-electron chi connectivity index (χ0n) is 12.6. The number of halogens is 2. The van der Waals surface area contributed by atoms with Crippen LogP contribution in [0.2, 0.25) is 5.02 Å². The summed E-state index contributed by atoms with van der Waals surface area (Å²) in [5.41, 5.74) is 0.966. The summed E-state index contributed by atoms with van der Waals surface area (Å²) in [6.07, 6.45) is 5.24. The number of methoxy groups -OCH3 is 1. The third-order valence-corrected chi connectivity index (χ3v) is 4.31. The molecule has 1 heterocycles. The van der Waals surface area contributed by atoms with Crippen LogP contribution in [0.3, 0.4) is 0 Å². The summed E-state index contributed by atoms with van der Waals surface area (Å²) in [6, 6.07) is 10.3. The molecule has 2 aromatic rings. The Labute approximate surface area is 142 Å². The first kappa shape index (κ1) is 17.2. The van der Waals surface area contributed by atoms with Crippen LogP contribution in [0.4, 0.5) is 0 Å². The van der Waals surface area contributed by atoms with E-state index in [1.54, 1.807) is 7.11 Å². The highest BCUT2D eigenvalue weighted by molar-refractivity contribution is 6.32. The third kappa shape index (κ3) is 3.97. The number of furan rings is 1. The van der Waals surface area contributed by atoms with Crippen molar-refractivity contribution in [3.8, 4) is 17.1 Å². The van der Waals surface area contributed by atoms with Crippen LogP contribution in [-0.4, -0.2) is 13.2 Å². The van der Waals surface area contributed by atoms with Gasteiger partial charge in [-0.15, -0.1) is 12.4 Å². The van der Waals surface area contributed by atoms with Crippen molar-refractivity contribution in [1.29, 1.82) is 0 Å². The lowest BCUT2D eigenvalue weighted by Crippen LogP contribution is -2.24. The van der Waals surface area contributed by atoms with E-state index in [0.717, 1.165) is 23.6 Å². The molecule has 5 heteroatoms. The number of ether oxygens (including phenoxy) is 1. The second kappa shape index (κ2) is 7.91. The summed E-state index contributed by atoms with van der Waals surface area (Å²) in [5.74, 6) is 2.47. The van der Waals surface area contributed by atoms with E-state index in [1.807, 2.05) is 30.3 Å². The van der Waals surface area contributed by atoms with E-state index >= 15 is 0 Å². The van der Waals surface area contributed by atoms with Crippen LogP contribution < -0.4 is 10.1 Å². The summed E-state index contributed by atoms with van der Waals surface area (Å²) >= 11 is 6.15. The molecule has 0 atom stereocenters. The molecule has 0 amide bonds. The number of rotatable bonds is 5. The highest BCUT2D eigenvalue weighted by Gasteiger charge is 2.15. The first-order valence-electron chi connectivity index (χ1n) is 7.42. The highest BCUT2D eigenvalue weighted by Crippen LogP contribution is 2.31. The Morgan fingerprint density at radius 3 is 2.68 bits per heavy atom. The molecule has 22 heavy (non-hydrogen) atoms. The van der Waals surface area contributed by atoms with E-state index in [1.165, 1.54) is 25.7 Å². The van der Waals surface area contributed by atoms with E-state index < -0.39 is 0 Å². The van der Waals surface area contributed by atoms with Crippen LogP contribution in [0.1, 0.15) is 31.4 Å². The van der Waals surface area contributed by atoms with E-state index in [2.05, 4.69) is 5.32 Å². The molecule has 1 aromatic heterocycles. The van der Waals surface area contributed by atoms with Gasteiger partial charge >= 0.3 is 0 Å². The van der Waals surface area contributed by atoms with E-state index in [4.69, 9.17) is 20.8 Å². The topological polar surface area (TPSA) is 34.4 Å². The van der Waals surface area contributed by atoms with Gasteiger partial charge in [0.2, 0.25) is 0 Å². The molecule has 1 N–H and O–H groups in total. The van der Waals surface area contributed by atoms with Gasteiger partial charge in [-0.3, -0.25) is 0 Å². The lowest BCUT2D eigenvalue weighted by molar-refractivity contribution is 0.415. The summed E-state index contributed by atoms with van der Waals surface area (Å²) in [7, 11) is 1.61. The molecule has 0 aliphatic heterocycles. The maximum Gasteiger partial charge on any atom is 0.137 e. The van der Waals surface area contributed by atoms with Gasteiger partial charge < -0.3 is 14.5 Å². The normalized spacial score (nSPS) is 14.8. The van der Waals surface area contributed by atoms with Crippen molar-refractivity contribution in [3.63, 3.8) is 0 Å². The molecule has 1 fully saturated rings. The summed E-state index contributed by atoms with van der Waals surface area (Å²) < 4.78 is 11.1. The molecular weight excluding hydrogens is 321 g/mol. The van der Waals surface area contributed by atoms with Crippen LogP contribution >= 0.6 is 24.0 Å². The van der Waals surface area contributed by atoms with Crippen LogP contribution in [0, 0.1) is 0 Å². The Balaban J connectivity index is 0.00000176. The Hall–Kier alpha value is -1.16. The Bertz CT molecular complexity index is 606. The van der Waals surface area contributed by atoms with Crippen molar-refractivity contribution in [2.24, 2.45) is 0 Å². The lowest BCUT2D eigenvalue weighted by atomic mass is 10.2. The van der Waals surface area contributed by atoms with Gasteiger partial charge in [0.1, 0.15) is 17.3 Å². The minimum absolute atomic E-state index is 0. The molecule has 1 aromatic carbocycles. The van der Waals surface area contributed by atoms with Crippen molar-refractivity contribution in [2.45, 2.75) is 38.3 Å². The van der Waals surface area contributed by atoms with E-state index in [9.17, 15) is 0 Å². The van der Waals surface area contributed by atoms with Crippen molar-refractivity contribution in [3.05, 3.63) is 41.1 Å². The molecule has 0 unspecified atom stereocenters. The predicted octanol–water partition coefficient (Wildman–Crippen LogP) is 5.06. The average Bonchev–Trinajstić information content (AvgIpc) is 3.16. The number of hydrogen-bond donors (Lipinski definition) is 1. The second-order valence-corrected chi connectivity index (χ2v) is 5.88. The van der Waals surface area contributed by atoms with Crippen LogP contribution in [0.5, 0.6) is 5.75 Å². The van der Waals surface area contributed by atoms with Gasteiger partial charge in [-0.25, -0.2) is 0 Å². The van der Waals surface area contributed by atoms with Crippen LogP contribution in [0.15, 0.2) is 34.7 Å². The molecule has 0 saturated heterocycles. The van der Waals surface area contributed by atoms with Crippen molar-refractivity contribution < 1.29 is 9.15 Å². The second-order valence-electron chi connectivity index (χ2n) is 5.48. The molecular formula is C17H21Cl2NO2. The maximum atomic E-state index is 6.15. The maximum absolute atomic E-state index is 6.15. The van der Waals surface area contributed by atoms with Crippen molar-refractivity contribution >= 4 is 24.0 Å². The SMILES string of the molecule is COc1ccc(-c2ccc(CNC3CCCC3)o2)cc1Cl.Cl. The average molecular weight is 342 g/mol. The zero-order chi connectivity index (χ0) is 14.7. The fourth-order valence-corrected chi connectivity index (χ4v) is 3.08. The van der Waals surface area contributed by atoms with Gasteiger partial charge in [0.15, 0.2) is 0 Å². The predicted molar refractivity (Wildman–Crippen MR) is 92.0 cm³/mol. The minimum atomic E-state index is 0. The number of hydrogen-bond acceptors (Lipinski definition) is 3. The van der Waals surface area contributed by atoms with Gasteiger partial charge in [0.25, 0.3) is 0 Å². The van der Waals surface area contributed by atoms with Gasteiger partial charge in [0, 0.05) is 11.6 Å². The lowest BCUT2D eigenvalue weighted by Gasteiger charge is -2.09. The first-order valence-corrected chi connectivity index (χ1v) is 7.80. The molecule has 0 radical (unpaired) electrons. The zero-order valence-corrected chi connectivity index (χ0v) is 14.2. The van der Waals surface area contributed by atoms with Gasteiger partial charge in [0.05, 0.1) is 18.7 Å². The molecule has 1 aliphatic rings. The molecule has 3 nitrogen and oxygen atoms in total. The van der Waals surface area contributed by atoms with E-state index in [-0.39, 0.29) is 12.4 Å². The van der Waals surface area contributed by atoms with Crippen molar-refractivity contribution in [2.75, 3.05) is 7.11 Å². The third-order valence-electron chi connectivity index (χ3n) is 4.02. The quantitative estimate of drug-likeness (QED) is 0.824. The Morgan fingerprint density at radius 2 is 2.00 bits per heavy atom. The molecule has 0 spiro atoms. The fraction of sp³-hybridized carbons (Fsp3) is 0.412. The minimum Gasteiger partial charge on any atom is -0.495 e. The smallest absolute Gasteiger partial charge is 0.137 e. The standard InChI is InChI=1S/C17H20ClNO2.ClH/c1-20-17-8-6-12(10-15(17)18)16-9-7-14(21-16)11-19-13-4-2-3-5-13;/h6-10,13,19H,2-5,11H2,1H3;1H. The molecule has 120 valence electrons. The number of benzene rings is 1. The van der Waals surface area contributed by atoms with Gasteiger partial charge in [-0.2, -0.15) is 0 Å². The molecule has 1 saturated carbocycles. The highest BCUT2D eigenvalue weighted by atomic mass is 35.5. The Kier molecular flexibility index (Phi) is 6.18. The summed E-state index contributed by atoms with van der Waals surface area (Å²) in [6.45, 7) is 0.786. The van der Waals surface area contributed by atoms with Gasteiger partial charge in [-0.05, 0) is 43.2 Å².